The zero-order valence-electron chi connectivity index (χ0n) is 11.3. The molecule has 114 valence electrons. The van der Waals surface area contributed by atoms with Gasteiger partial charge in [-0.3, -0.25) is 0 Å². The molecule has 3 rings (SSSR count). The summed E-state index contributed by atoms with van der Waals surface area (Å²) in [4.78, 5) is 4.24. The number of hydrogen-bond donors (Lipinski definition) is 0. The molecular formula is C15H10F3NO2S. The summed E-state index contributed by atoms with van der Waals surface area (Å²) in [5, 5.41) is 0. The predicted octanol–water partition coefficient (Wildman–Crippen LogP) is 4.87. The van der Waals surface area contributed by atoms with Gasteiger partial charge in [-0.2, -0.15) is 0 Å². The molecule has 0 atom stereocenters. The van der Waals surface area contributed by atoms with Gasteiger partial charge in [0.05, 0.1) is 22.8 Å². The first-order valence-electron chi connectivity index (χ1n) is 6.24. The average molecular weight is 325 g/mol. The number of thiazole rings is 1. The lowest BCUT2D eigenvalue weighted by atomic mass is 10.0. The minimum Gasteiger partial charge on any atom is -0.496 e. The molecule has 0 aliphatic rings. The summed E-state index contributed by atoms with van der Waals surface area (Å²) in [6.45, 7) is 0. The number of nitrogens with zero attached hydrogens (tertiary/aromatic N) is 1. The van der Waals surface area contributed by atoms with Crippen LogP contribution in [0, 0.1) is 0 Å². The third-order valence-electron chi connectivity index (χ3n) is 3.06. The molecule has 0 N–H and O–H groups in total. The van der Waals surface area contributed by atoms with E-state index in [0.717, 1.165) is 21.3 Å². The maximum Gasteiger partial charge on any atom is 0.573 e. The second-order valence-electron chi connectivity index (χ2n) is 4.42. The van der Waals surface area contributed by atoms with Gasteiger partial charge >= 0.3 is 6.36 Å². The predicted molar refractivity (Wildman–Crippen MR) is 78.3 cm³/mol. The smallest absolute Gasteiger partial charge is 0.496 e. The van der Waals surface area contributed by atoms with Crippen molar-refractivity contribution in [3.05, 3.63) is 41.9 Å². The van der Waals surface area contributed by atoms with Crippen LogP contribution in [0.5, 0.6) is 11.5 Å². The molecule has 0 radical (unpaired) electrons. The summed E-state index contributed by atoms with van der Waals surface area (Å²) in [7, 11) is 1.55. The van der Waals surface area contributed by atoms with Crippen molar-refractivity contribution in [2.75, 3.05) is 7.11 Å². The lowest BCUT2D eigenvalue weighted by molar-refractivity contribution is -0.274. The Hall–Kier alpha value is -2.28. The summed E-state index contributed by atoms with van der Waals surface area (Å²) in [5.74, 6) is 0.382. The Kier molecular flexibility index (Phi) is 3.66. The van der Waals surface area contributed by atoms with E-state index in [1.54, 1.807) is 30.8 Å². The van der Waals surface area contributed by atoms with Crippen molar-refractivity contribution in [3.63, 3.8) is 0 Å². The Morgan fingerprint density at radius 1 is 1.05 bits per heavy atom. The average Bonchev–Trinajstić information content (AvgIpc) is 2.94. The van der Waals surface area contributed by atoms with E-state index in [0.29, 0.717) is 5.75 Å². The first-order valence-corrected chi connectivity index (χ1v) is 7.12. The number of halogens is 3. The standard InChI is InChI=1S/C15H10F3NO2S/c1-20-12-7-6-11-14(22-8-19-11)13(12)9-2-4-10(5-3-9)21-15(16,17)18/h2-8H,1H3. The Bertz CT molecular complexity index is 797. The van der Waals surface area contributed by atoms with Gasteiger partial charge in [-0.05, 0) is 29.8 Å². The number of ether oxygens (including phenoxy) is 2. The SMILES string of the molecule is COc1ccc2ncsc2c1-c1ccc(OC(F)(F)F)cc1. The molecule has 0 amide bonds. The summed E-state index contributed by atoms with van der Waals surface area (Å²) in [6, 6.07) is 9.33. The van der Waals surface area contributed by atoms with Crippen molar-refractivity contribution < 1.29 is 22.6 Å². The molecule has 0 aliphatic carbocycles. The van der Waals surface area contributed by atoms with Crippen LogP contribution in [0.2, 0.25) is 0 Å². The molecule has 0 saturated heterocycles. The van der Waals surface area contributed by atoms with Crippen molar-refractivity contribution in [3.8, 4) is 22.6 Å². The van der Waals surface area contributed by atoms with E-state index < -0.39 is 6.36 Å². The molecular weight excluding hydrogens is 315 g/mol. The van der Waals surface area contributed by atoms with Crippen molar-refractivity contribution in [2.45, 2.75) is 6.36 Å². The van der Waals surface area contributed by atoms with E-state index in [1.807, 2.05) is 6.07 Å². The molecule has 0 unspecified atom stereocenters. The second kappa shape index (κ2) is 5.49. The summed E-state index contributed by atoms with van der Waals surface area (Å²) in [5.41, 5.74) is 4.08. The van der Waals surface area contributed by atoms with E-state index in [9.17, 15) is 13.2 Å². The van der Waals surface area contributed by atoms with Crippen LogP contribution in [0.15, 0.2) is 41.9 Å². The number of benzene rings is 2. The van der Waals surface area contributed by atoms with Gasteiger partial charge in [0.25, 0.3) is 0 Å². The fourth-order valence-corrected chi connectivity index (χ4v) is 3.03. The molecule has 0 bridgehead atoms. The monoisotopic (exact) mass is 325 g/mol. The van der Waals surface area contributed by atoms with Gasteiger partial charge in [0, 0.05) is 5.56 Å². The van der Waals surface area contributed by atoms with Gasteiger partial charge in [-0.15, -0.1) is 24.5 Å². The van der Waals surface area contributed by atoms with Crippen LogP contribution in [-0.4, -0.2) is 18.5 Å². The van der Waals surface area contributed by atoms with Gasteiger partial charge in [0.2, 0.25) is 0 Å². The van der Waals surface area contributed by atoms with Crippen LogP contribution in [0.1, 0.15) is 0 Å². The number of fused-ring (bicyclic) bond motifs is 1. The quantitative estimate of drug-likeness (QED) is 0.688. The minimum atomic E-state index is -4.70. The lowest BCUT2D eigenvalue weighted by Crippen LogP contribution is -2.16. The van der Waals surface area contributed by atoms with Crippen LogP contribution in [0.4, 0.5) is 13.2 Å². The number of hydrogen-bond acceptors (Lipinski definition) is 4. The highest BCUT2D eigenvalue weighted by Crippen LogP contribution is 2.39. The van der Waals surface area contributed by atoms with Gasteiger partial charge < -0.3 is 9.47 Å². The van der Waals surface area contributed by atoms with Crippen LogP contribution in [-0.2, 0) is 0 Å². The maximum atomic E-state index is 12.2. The van der Waals surface area contributed by atoms with Crippen molar-refractivity contribution in [1.82, 2.24) is 4.98 Å². The molecule has 1 heterocycles. The van der Waals surface area contributed by atoms with E-state index >= 15 is 0 Å². The van der Waals surface area contributed by atoms with Gasteiger partial charge in [-0.1, -0.05) is 12.1 Å². The Morgan fingerprint density at radius 3 is 2.41 bits per heavy atom. The van der Waals surface area contributed by atoms with Gasteiger partial charge in [0.1, 0.15) is 11.5 Å². The van der Waals surface area contributed by atoms with Crippen LogP contribution in [0.25, 0.3) is 21.3 Å². The zero-order chi connectivity index (χ0) is 15.7. The van der Waals surface area contributed by atoms with E-state index in [2.05, 4.69) is 9.72 Å². The van der Waals surface area contributed by atoms with E-state index in [1.165, 1.54) is 23.5 Å². The highest BCUT2D eigenvalue weighted by molar-refractivity contribution is 7.17. The van der Waals surface area contributed by atoms with Crippen molar-refractivity contribution in [2.24, 2.45) is 0 Å². The third-order valence-corrected chi connectivity index (χ3v) is 3.92. The maximum absolute atomic E-state index is 12.2. The summed E-state index contributed by atoms with van der Waals surface area (Å²) in [6.07, 6.45) is -4.70. The number of aromatic nitrogens is 1. The number of methoxy groups -OCH3 is 1. The molecule has 2 aromatic carbocycles. The highest BCUT2D eigenvalue weighted by Gasteiger charge is 2.31. The molecule has 3 aromatic rings. The van der Waals surface area contributed by atoms with Crippen LogP contribution in [0.3, 0.4) is 0 Å². The number of rotatable bonds is 3. The Morgan fingerprint density at radius 2 is 1.77 bits per heavy atom. The molecule has 7 heteroatoms. The molecule has 0 fully saturated rings. The van der Waals surface area contributed by atoms with E-state index in [4.69, 9.17) is 4.74 Å². The van der Waals surface area contributed by atoms with Crippen LogP contribution < -0.4 is 9.47 Å². The van der Waals surface area contributed by atoms with Crippen LogP contribution >= 0.6 is 11.3 Å². The van der Waals surface area contributed by atoms with Gasteiger partial charge in [0.15, 0.2) is 0 Å². The first-order chi connectivity index (χ1) is 10.5. The zero-order valence-corrected chi connectivity index (χ0v) is 12.2. The Balaban J connectivity index is 2.05. The van der Waals surface area contributed by atoms with Gasteiger partial charge in [-0.25, -0.2) is 4.98 Å². The first kappa shape index (κ1) is 14.6. The minimum absolute atomic E-state index is 0.258. The fraction of sp³-hybridized carbons (Fsp3) is 0.133. The number of alkyl halides is 3. The second-order valence-corrected chi connectivity index (χ2v) is 5.27. The molecule has 22 heavy (non-hydrogen) atoms. The molecule has 1 aromatic heterocycles. The lowest BCUT2D eigenvalue weighted by Gasteiger charge is -2.12. The topological polar surface area (TPSA) is 31.4 Å². The van der Waals surface area contributed by atoms with E-state index in [-0.39, 0.29) is 5.75 Å². The molecule has 0 saturated carbocycles. The summed E-state index contributed by atoms with van der Waals surface area (Å²) >= 11 is 1.45. The molecule has 3 nitrogen and oxygen atoms in total. The third kappa shape index (κ3) is 2.85. The summed E-state index contributed by atoms with van der Waals surface area (Å²) < 4.78 is 46.8. The normalized spacial score (nSPS) is 11.6. The Labute approximate surface area is 127 Å². The molecule has 0 spiro atoms. The van der Waals surface area contributed by atoms with Crippen molar-refractivity contribution >= 4 is 21.6 Å². The fourth-order valence-electron chi connectivity index (χ4n) is 2.18. The van der Waals surface area contributed by atoms with Crippen molar-refractivity contribution in [1.29, 1.82) is 0 Å². The highest BCUT2D eigenvalue weighted by atomic mass is 32.1. The largest absolute Gasteiger partial charge is 0.573 e. The molecule has 0 aliphatic heterocycles.